The van der Waals surface area contributed by atoms with E-state index in [0.29, 0.717) is 17.6 Å². The highest BCUT2D eigenvalue weighted by Crippen LogP contribution is 2.18. The van der Waals surface area contributed by atoms with Crippen LogP contribution in [0.1, 0.15) is 36.0 Å². The van der Waals surface area contributed by atoms with Crippen LogP contribution < -0.4 is 15.1 Å². The summed E-state index contributed by atoms with van der Waals surface area (Å²) >= 11 is 0. The van der Waals surface area contributed by atoms with Gasteiger partial charge in [0, 0.05) is 57.0 Å². The van der Waals surface area contributed by atoms with Gasteiger partial charge in [0.1, 0.15) is 0 Å². The van der Waals surface area contributed by atoms with Crippen molar-refractivity contribution in [3.05, 3.63) is 36.4 Å². The van der Waals surface area contributed by atoms with E-state index >= 15 is 0 Å². The van der Waals surface area contributed by atoms with Gasteiger partial charge in [0.15, 0.2) is 0 Å². The van der Waals surface area contributed by atoms with Gasteiger partial charge in [0.25, 0.3) is 5.91 Å². The second-order valence-corrected chi connectivity index (χ2v) is 6.75. The monoisotopic (exact) mass is 353 g/mol. The van der Waals surface area contributed by atoms with Crippen molar-refractivity contribution in [1.29, 1.82) is 0 Å². The zero-order valence-corrected chi connectivity index (χ0v) is 14.7. The zero-order chi connectivity index (χ0) is 17.8. The Morgan fingerprint density at radius 3 is 2.00 bits per heavy atom. The predicted octanol–water partition coefficient (Wildman–Crippen LogP) is 1.27. The number of nitrogens with one attached hydrogen (secondary N) is 1. The van der Waals surface area contributed by atoms with E-state index in [1.54, 1.807) is 24.8 Å². The lowest BCUT2D eigenvalue weighted by Gasteiger charge is -2.34. The number of anilines is 2. The fourth-order valence-corrected chi connectivity index (χ4v) is 3.50. The molecule has 1 aliphatic carbocycles. The molecular weight excluding hydrogens is 330 g/mol. The summed E-state index contributed by atoms with van der Waals surface area (Å²) in [6.45, 7) is 3.23. The van der Waals surface area contributed by atoms with Crippen LogP contribution >= 0.6 is 0 Å². The number of hydrogen-bond donors (Lipinski definition) is 1. The highest BCUT2D eigenvalue weighted by Gasteiger charge is 2.22. The van der Waals surface area contributed by atoms with Crippen molar-refractivity contribution in [2.75, 3.05) is 36.0 Å². The maximum Gasteiger partial charge on any atom is 0.254 e. The Morgan fingerprint density at radius 1 is 0.885 bits per heavy atom. The summed E-state index contributed by atoms with van der Waals surface area (Å²) in [5.41, 5.74) is 0.525. The Morgan fingerprint density at radius 2 is 1.42 bits per heavy atom. The largest absolute Gasteiger partial charge is 0.349 e. The SMILES string of the molecule is O=C(NC1CCCC1)c1cnc(N2CCN(c3ncccn3)CC2)nc1. The number of nitrogens with zero attached hydrogens (tertiary/aromatic N) is 6. The molecule has 1 saturated carbocycles. The normalized spacial score (nSPS) is 18.2. The third kappa shape index (κ3) is 3.74. The minimum atomic E-state index is -0.0745. The molecule has 26 heavy (non-hydrogen) atoms. The predicted molar refractivity (Wildman–Crippen MR) is 98.2 cm³/mol. The molecule has 3 heterocycles. The average molecular weight is 353 g/mol. The lowest BCUT2D eigenvalue weighted by molar-refractivity contribution is 0.0937. The Kier molecular flexibility index (Phi) is 4.90. The Bertz CT molecular complexity index is 723. The highest BCUT2D eigenvalue weighted by atomic mass is 16.1. The summed E-state index contributed by atoms with van der Waals surface area (Å²) in [6, 6.07) is 2.12. The molecule has 4 rings (SSSR count). The van der Waals surface area contributed by atoms with Crippen molar-refractivity contribution in [3.8, 4) is 0 Å². The first kappa shape index (κ1) is 16.7. The van der Waals surface area contributed by atoms with E-state index < -0.39 is 0 Å². The summed E-state index contributed by atoms with van der Waals surface area (Å²) < 4.78 is 0. The van der Waals surface area contributed by atoms with Crippen LogP contribution in [0.5, 0.6) is 0 Å². The van der Waals surface area contributed by atoms with Crippen molar-refractivity contribution in [3.63, 3.8) is 0 Å². The number of amides is 1. The van der Waals surface area contributed by atoms with Gasteiger partial charge in [-0.3, -0.25) is 4.79 Å². The molecule has 0 atom stereocenters. The fourth-order valence-electron chi connectivity index (χ4n) is 3.50. The maximum absolute atomic E-state index is 12.3. The molecule has 2 fully saturated rings. The van der Waals surface area contributed by atoms with E-state index in [0.717, 1.165) is 45.0 Å². The number of hydrogen-bond acceptors (Lipinski definition) is 7. The van der Waals surface area contributed by atoms with E-state index in [9.17, 15) is 4.79 Å². The summed E-state index contributed by atoms with van der Waals surface area (Å²) in [7, 11) is 0. The van der Waals surface area contributed by atoms with Crippen molar-refractivity contribution in [2.45, 2.75) is 31.7 Å². The van der Waals surface area contributed by atoms with Crippen LogP contribution in [-0.4, -0.2) is 58.1 Å². The van der Waals surface area contributed by atoms with Gasteiger partial charge in [-0.05, 0) is 18.9 Å². The maximum atomic E-state index is 12.3. The molecule has 1 aliphatic heterocycles. The van der Waals surface area contributed by atoms with Crippen LogP contribution in [0.15, 0.2) is 30.9 Å². The van der Waals surface area contributed by atoms with Gasteiger partial charge in [-0.25, -0.2) is 19.9 Å². The first-order chi connectivity index (χ1) is 12.8. The van der Waals surface area contributed by atoms with Crippen LogP contribution in [0.25, 0.3) is 0 Å². The smallest absolute Gasteiger partial charge is 0.254 e. The molecule has 1 saturated heterocycles. The van der Waals surface area contributed by atoms with Crippen molar-refractivity contribution < 1.29 is 4.79 Å². The van der Waals surface area contributed by atoms with E-state index in [2.05, 4.69) is 35.1 Å². The molecule has 0 spiro atoms. The third-order valence-electron chi connectivity index (χ3n) is 4.99. The molecule has 8 heteroatoms. The molecule has 0 unspecified atom stereocenters. The van der Waals surface area contributed by atoms with Gasteiger partial charge in [0.2, 0.25) is 11.9 Å². The summed E-state index contributed by atoms with van der Waals surface area (Å²) in [5, 5.41) is 3.07. The van der Waals surface area contributed by atoms with Gasteiger partial charge >= 0.3 is 0 Å². The molecule has 2 aromatic rings. The van der Waals surface area contributed by atoms with E-state index in [4.69, 9.17) is 0 Å². The first-order valence-electron chi connectivity index (χ1n) is 9.19. The number of aromatic nitrogens is 4. The zero-order valence-electron chi connectivity index (χ0n) is 14.7. The molecule has 1 amide bonds. The van der Waals surface area contributed by atoms with Crippen LogP contribution in [0.2, 0.25) is 0 Å². The molecule has 0 radical (unpaired) electrons. The first-order valence-corrected chi connectivity index (χ1v) is 9.19. The average Bonchev–Trinajstić information content (AvgIpc) is 3.22. The molecule has 8 nitrogen and oxygen atoms in total. The molecule has 1 N–H and O–H groups in total. The third-order valence-corrected chi connectivity index (χ3v) is 4.99. The quantitative estimate of drug-likeness (QED) is 0.885. The van der Waals surface area contributed by atoms with Gasteiger partial charge in [-0.2, -0.15) is 0 Å². The highest BCUT2D eigenvalue weighted by molar-refractivity contribution is 5.93. The lowest BCUT2D eigenvalue weighted by Crippen LogP contribution is -2.47. The van der Waals surface area contributed by atoms with Crippen molar-refractivity contribution >= 4 is 17.8 Å². The van der Waals surface area contributed by atoms with Crippen LogP contribution in [-0.2, 0) is 0 Å². The molecule has 2 aliphatic rings. The van der Waals surface area contributed by atoms with Crippen molar-refractivity contribution in [1.82, 2.24) is 25.3 Å². The van der Waals surface area contributed by atoms with Crippen LogP contribution in [0.3, 0.4) is 0 Å². The summed E-state index contributed by atoms with van der Waals surface area (Å²) in [4.78, 5) is 33.9. The van der Waals surface area contributed by atoms with Crippen LogP contribution in [0, 0.1) is 0 Å². The summed E-state index contributed by atoms with van der Waals surface area (Å²) in [6.07, 6.45) is 11.3. The van der Waals surface area contributed by atoms with Crippen LogP contribution in [0.4, 0.5) is 11.9 Å². The molecule has 136 valence electrons. The minimum Gasteiger partial charge on any atom is -0.349 e. The number of piperazine rings is 1. The van der Waals surface area contributed by atoms with Crippen molar-refractivity contribution in [2.24, 2.45) is 0 Å². The fraction of sp³-hybridized carbons (Fsp3) is 0.500. The topological polar surface area (TPSA) is 87.1 Å². The van der Waals surface area contributed by atoms with Gasteiger partial charge < -0.3 is 15.1 Å². The Hall–Kier alpha value is -2.77. The van der Waals surface area contributed by atoms with Gasteiger partial charge in [-0.15, -0.1) is 0 Å². The second kappa shape index (κ2) is 7.63. The van der Waals surface area contributed by atoms with E-state index in [-0.39, 0.29) is 5.91 Å². The van der Waals surface area contributed by atoms with Gasteiger partial charge in [-0.1, -0.05) is 12.8 Å². The molecule has 0 aromatic carbocycles. The van der Waals surface area contributed by atoms with Gasteiger partial charge in [0.05, 0.1) is 5.56 Å². The Balaban J connectivity index is 1.33. The number of rotatable bonds is 4. The second-order valence-electron chi connectivity index (χ2n) is 6.75. The summed E-state index contributed by atoms with van der Waals surface area (Å²) in [5.74, 6) is 1.34. The molecule has 2 aromatic heterocycles. The Labute approximate surface area is 152 Å². The van der Waals surface area contributed by atoms with E-state index in [1.807, 2.05) is 6.07 Å². The molecule has 0 bridgehead atoms. The lowest BCUT2D eigenvalue weighted by atomic mass is 10.2. The van der Waals surface area contributed by atoms with E-state index in [1.165, 1.54) is 12.8 Å². The minimum absolute atomic E-state index is 0.0745. The number of carbonyl (C=O) groups excluding carboxylic acids is 1. The molecular formula is C18H23N7O. The number of carbonyl (C=O) groups is 1. The standard InChI is InChI=1S/C18H23N7O/c26-16(23-15-4-1-2-5-15)14-12-21-18(22-13-14)25-10-8-24(9-11-25)17-19-6-3-7-20-17/h3,6-7,12-13,15H,1-2,4-5,8-11H2,(H,23,26).